The van der Waals surface area contributed by atoms with Crippen molar-refractivity contribution in [3.05, 3.63) is 55.7 Å². The minimum Gasteiger partial charge on any atom is -0.294 e. The van der Waals surface area contributed by atoms with Crippen LogP contribution in [0.3, 0.4) is 0 Å². The van der Waals surface area contributed by atoms with Gasteiger partial charge in [-0.3, -0.25) is 18.5 Å². The summed E-state index contributed by atoms with van der Waals surface area (Å²) >= 11 is 6.32. The maximum atomic E-state index is 13.0. The molecule has 0 bridgehead atoms. The largest absolute Gasteiger partial charge is 0.332 e. The Bertz CT molecular complexity index is 1240. The monoisotopic (exact) mass is 400 g/mol. The van der Waals surface area contributed by atoms with E-state index in [2.05, 4.69) is 10.1 Å². The van der Waals surface area contributed by atoms with E-state index in [1.165, 1.54) is 9.13 Å². The highest BCUT2D eigenvalue weighted by molar-refractivity contribution is 6.31. The summed E-state index contributed by atoms with van der Waals surface area (Å²) in [5.41, 5.74) is 1.79. The lowest BCUT2D eigenvalue weighted by molar-refractivity contribution is 0.618. The number of aryl methyl sites for hydroxylation is 1. The quantitative estimate of drug-likeness (QED) is 0.676. The smallest absolute Gasteiger partial charge is 0.294 e. The molecule has 146 valence electrons. The number of hydrazone groups is 1. The molecule has 0 N–H and O–H groups in total. The molecule has 3 heterocycles. The van der Waals surface area contributed by atoms with Gasteiger partial charge < -0.3 is 0 Å². The van der Waals surface area contributed by atoms with E-state index in [0.29, 0.717) is 35.2 Å². The van der Waals surface area contributed by atoms with Gasteiger partial charge in [0.2, 0.25) is 5.95 Å². The third-order valence-electron chi connectivity index (χ3n) is 5.25. The van der Waals surface area contributed by atoms with E-state index in [1.807, 2.05) is 42.7 Å². The van der Waals surface area contributed by atoms with Gasteiger partial charge in [-0.15, -0.1) is 0 Å². The number of halogens is 1. The fraction of sp³-hybridized carbons (Fsp3) is 0.368. The van der Waals surface area contributed by atoms with Gasteiger partial charge in [-0.25, -0.2) is 9.80 Å². The number of hydrogen-bond acceptors (Lipinski definition) is 5. The highest BCUT2D eigenvalue weighted by atomic mass is 35.5. The Balaban J connectivity index is 1.99. The zero-order valence-electron chi connectivity index (χ0n) is 16.2. The number of rotatable bonds is 3. The van der Waals surface area contributed by atoms with Gasteiger partial charge in [0.25, 0.3) is 5.56 Å². The van der Waals surface area contributed by atoms with Crippen molar-refractivity contribution in [2.75, 3.05) is 5.01 Å². The average molecular weight is 401 g/mol. The first-order valence-corrected chi connectivity index (χ1v) is 9.50. The van der Waals surface area contributed by atoms with Gasteiger partial charge in [-0.1, -0.05) is 29.8 Å². The molecule has 0 saturated heterocycles. The molecule has 2 aromatic heterocycles. The van der Waals surface area contributed by atoms with E-state index in [1.54, 1.807) is 19.0 Å². The molecule has 0 fully saturated rings. The first kappa shape index (κ1) is 18.5. The van der Waals surface area contributed by atoms with Crippen molar-refractivity contribution < 1.29 is 0 Å². The van der Waals surface area contributed by atoms with Crippen molar-refractivity contribution in [2.24, 2.45) is 12.1 Å². The second-order valence-corrected chi connectivity index (χ2v) is 7.32. The van der Waals surface area contributed by atoms with Gasteiger partial charge in [-0.05, 0) is 32.4 Å². The number of anilines is 1. The fourth-order valence-corrected chi connectivity index (χ4v) is 3.75. The molecule has 0 amide bonds. The van der Waals surface area contributed by atoms with E-state index in [9.17, 15) is 9.59 Å². The molecular weight excluding hydrogens is 380 g/mol. The lowest BCUT2D eigenvalue weighted by Crippen LogP contribution is -2.40. The summed E-state index contributed by atoms with van der Waals surface area (Å²) in [4.78, 5) is 30.2. The van der Waals surface area contributed by atoms with E-state index < -0.39 is 0 Å². The lowest BCUT2D eigenvalue weighted by Gasteiger charge is -2.29. The maximum Gasteiger partial charge on any atom is 0.332 e. The SMILES string of the molecule is CCn1c(=O)c2c(nc3n2C(C)C(C)=NN3Cc2ccccc2Cl)n(C)c1=O. The Hall–Kier alpha value is -2.87. The van der Waals surface area contributed by atoms with Gasteiger partial charge in [0.05, 0.1) is 18.3 Å². The van der Waals surface area contributed by atoms with Crippen molar-refractivity contribution in [1.29, 1.82) is 0 Å². The van der Waals surface area contributed by atoms with Crippen LogP contribution >= 0.6 is 11.6 Å². The van der Waals surface area contributed by atoms with Gasteiger partial charge in [0, 0.05) is 18.6 Å². The molecule has 0 radical (unpaired) electrons. The van der Waals surface area contributed by atoms with Crippen molar-refractivity contribution in [3.8, 4) is 0 Å². The summed E-state index contributed by atoms with van der Waals surface area (Å²) < 4.78 is 4.51. The van der Waals surface area contributed by atoms with E-state index in [4.69, 9.17) is 11.6 Å². The molecule has 28 heavy (non-hydrogen) atoms. The summed E-state index contributed by atoms with van der Waals surface area (Å²) in [6, 6.07) is 7.39. The minimum atomic E-state index is -0.376. The van der Waals surface area contributed by atoms with Crippen LogP contribution in [0.4, 0.5) is 5.95 Å². The van der Waals surface area contributed by atoms with Crippen molar-refractivity contribution in [2.45, 2.75) is 39.9 Å². The molecule has 1 aliphatic rings. The summed E-state index contributed by atoms with van der Waals surface area (Å²) in [6.45, 7) is 6.37. The number of nitrogens with zero attached hydrogens (tertiary/aromatic N) is 6. The molecule has 0 saturated carbocycles. The molecule has 9 heteroatoms. The number of imidazole rings is 1. The van der Waals surface area contributed by atoms with Crippen LogP contribution in [-0.4, -0.2) is 24.4 Å². The molecular formula is C19H21ClN6O2. The van der Waals surface area contributed by atoms with Crippen LogP contribution in [0.5, 0.6) is 0 Å². The third-order valence-corrected chi connectivity index (χ3v) is 5.62. The highest BCUT2D eigenvalue weighted by Gasteiger charge is 2.30. The average Bonchev–Trinajstić information content (AvgIpc) is 3.08. The van der Waals surface area contributed by atoms with E-state index >= 15 is 0 Å². The second kappa shape index (κ2) is 6.63. The first-order valence-electron chi connectivity index (χ1n) is 9.13. The van der Waals surface area contributed by atoms with Gasteiger partial charge >= 0.3 is 5.69 Å². The van der Waals surface area contributed by atoms with Gasteiger partial charge in [0.1, 0.15) is 0 Å². The second-order valence-electron chi connectivity index (χ2n) is 6.91. The lowest BCUT2D eigenvalue weighted by atomic mass is 10.2. The number of fused-ring (bicyclic) bond motifs is 3. The van der Waals surface area contributed by atoms with E-state index in [-0.39, 0.29) is 17.3 Å². The Labute approximate surface area is 166 Å². The minimum absolute atomic E-state index is 0.155. The zero-order valence-corrected chi connectivity index (χ0v) is 16.9. The Morgan fingerprint density at radius 1 is 1.21 bits per heavy atom. The third kappa shape index (κ3) is 2.59. The molecule has 8 nitrogen and oxygen atoms in total. The summed E-state index contributed by atoms with van der Waals surface area (Å²) in [6.07, 6.45) is 0. The van der Waals surface area contributed by atoms with Crippen LogP contribution in [0.2, 0.25) is 5.02 Å². The van der Waals surface area contributed by atoms with Crippen LogP contribution in [0.15, 0.2) is 39.0 Å². The van der Waals surface area contributed by atoms with Crippen LogP contribution < -0.4 is 16.3 Å². The summed E-state index contributed by atoms with van der Waals surface area (Å²) in [5.74, 6) is 0.522. The van der Waals surface area contributed by atoms with Crippen LogP contribution in [0.1, 0.15) is 32.4 Å². The molecule has 0 aliphatic carbocycles. The van der Waals surface area contributed by atoms with Gasteiger partial charge in [0.15, 0.2) is 11.2 Å². The van der Waals surface area contributed by atoms with E-state index in [0.717, 1.165) is 11.3 Å². The Kier molecular flexibility index (Phi) is 4.38. The van der Waals surface area contributed by atoms with Crippen molar-refractivity contribution in [1.82, 2.24) is 18.7 Å². The maximum absolute atomic E-state index is 13.0. The van der Waals surface area contributed by atoms with Gasteiger partial charge in [-0.2, -0.15) is 10.1 Å². The fourth-order valence-electron chi connectivity index (χ4n) is 3.56. The molecule has 1 aliphatic heterocycles. The predicted octanol–water partition coefficient (Wildman–Crippen LogP) is 2.53. The zero-order chi connectivity index (χ0) is 20.2. The Morgan fingerprint density at radius 2 is 1.93 bits per heavy atom. The topological polar surface area (TPSA) is 77.4 Å². The van der Waals surface area contributed by atoms with Crippen molar-refractivity contribution in [3.63, 3.8) is 0 Å². The molecule has 4 rings (SSSR count). The summed E-state index contributed by atoms with van der Waals surface area (Å²) in [7, 11) is 1.63. The number of hydrogen-bond donors (Lipinski definition) is 0. The first-order chi connectivity index (χ1) is 13.3. The van der Waals surface area contributed by atoms with Crippen LogP contribution in [0.25, 0.3) is 11.2 Å². The summed E-state index contributed by atoms with van der Waals surface area (Å²) in [5, 5.41) is 7.04. The molecule has 1 atom stereocenters. The normalized spacial score (nSPS) is 16.4. The molecule has 1 aromatic carbocycles. The molecule has 1 unspecified atom stereocenters. The van der Waals surface area contributed by atoms with Crippen LogP contribution in [0, 0.1) is 0 Å². The predicted molar refractivity (Wildman–Crippen MR) is 110 cm³/mol. The van der Waals surface area contributed by atoms with Crippen LogP contribution in [-0.2, 0) is 20.1 Å². The standard InChI is InChI=1S/C19H21ClN6O2/c1-5-24-17(27)15-16(23(4)19(24)28)21-18-25(22-11(2)12(3)26(15)18)10-13-8-6-7-9-14(13)20/h6-9,12H,5,10H2,1-4H3. The Morgan fingerprint density at radius 3 is 2.61 bits per heavy atom. The molecule has 0 spiro atoms. The highest BCUT2D eigenvalue weighted by Crippen LogP contribution is 2.31. The van der Waals surface area contributed by atoms with Crippen molar-refractivity contribution >= 4 is 34.4 Å². The number of aromatic nitrogens is 4. The number of benzene rings is 1. The molecule has 3 aromatic rings.